The van der Waals surface area contributed by atoms with Gasteiger partial charge in [0.25, 0.3) is 0 Å². The second kappa shape index (κ2) is 6.17. The molecule has 9 heteroatoms. The van der Waals surface area contributed by atoms with Crippen molar-refractivity contribution < 1.29 is 13.3 Å². The van der Waals surface area contributed by atoms with Crippen molar-refractivity contribution >= 4 is 42.8 Å². The normalized spacial score (nSPS) is 11.5. The van der Waals surface area contributed by atoms with E-state index in [1.54, 1.807) is 6.20 Å². The van der Waals surface area contributed by atoms with Crippen LogP contribution in [0.5, 0.6) is 0 Å². The van der Waals surface area contributed by atoms with Gasteiger partial charge in [-0.3, -0.25) is 15.1 Å². The van der Waals surface area contributed by atoms with Crippen LogP contribution >= 0.6 is 11.3 Å². The monoisotopic (exact) mass is 363 g/mol. The molecule has 1 aromatic carbocycles. The first-order chi connectivity index (χ1) is 11.4. The summed E-state index contributed by atoms with van der Waals surface area (Å²) in [7, 11) is -3.49. The van der Waals surface area contributed by atoms with Crippen molar-refractivity contribution in [3.05, 3.63) is 58.3 Å². The average molecular weight is 363 g/mol. The Balaban J connectivity index is 1.94. The van der Waals surface area contributed by atoms with Crippen molar-refractivity contribution in [2.45, 2.75) is 10.8 Å². The molecule has 24 heavy (non-hydrogen) atoms. The quantitative estimate of drug-likeness (QED) is 0.551. The van der Waals surface area contributed by atoms with Gasteiger partial charge < -0.3 is 5.32 Å². The maximum absolute atomic E-state index is 11.6. The first kappa shape index (κ1) is 16.3. The molecule has 0 unspecified atom stereocenters. The highest BCUT2D eigenvalue weighted by molar-refractivity contribution is 7.92. The Morgan fingerprint density at radius 2 is 2.04 bits per heavy atom. The van der Waals surface area contributed by atoms with Crippen molar-refractivity contribution in [3.8, 4) is 0 Å². The van der Waals surface area contributed by atoms with Crippen LogP contribution in [-0.2, 0) is 16.4 Å². The minimum Gasteiger partial charge on any atom is -0.367 e. The number of nitro groups is 1. The van der Waals surface area contributed by atoms with E-state index in [-0.39, 0.29) is 14.9 Å². The van der Waals surface area contributed by atoms with Crippen molar-refractivity contribution in [2.24, 2.45) is 0 Å². The van der Waals surface area contributed by atoms with Crippen molar-refractivity contribution in [1.82, 2.24) is 4.98 Å². The van der Waals surface area contributed by atoms with Crippen LogP contribution in [0.4, 0.5) is 10.7 Å². The zero-order valence-electron chi connectivity index (χ0n) is 12.6. The summed E-state index contributed by atoms with van der Waals surface area (Å²) in [6.45, 7) is 0.304. The molecule has 1 N–H and O–H groups in total. The molecule has 0 amide bonds. The molecule has 0 radical (unpaired) electrons. The first-order valence-corrected chi connectivity index (χ1v) is 9.62. The molecule has 0 aliphatic heterocycles. The Labute approximate surface area is 142 Å². The van der Waals surface area contributed by atoms with Gasteiger partial charge in [-0.1, -0.05) is 35.6 Å². The summed E-state index contributed by atoms with van der Waals surface area (Å²) in [6, 6.07) is 10.5. The zero-order chi connectivity index (χ0) is 17.3. The Morgan fingerprint density at radius 3 is 2.75 bits per heavy atom. The van der Waals surface area contributed by atoms with Crippen LogP contribution < -0.4 is 5.32 Å². The summed E-state index contributed by atoms with van der Waals surface area (Å²) in [6.07, 6.45) is 2.71. The van der Waals surface area contributed by atoms with Gasteiger partial charge in [-0.25, -0.2) is 8.42 Å². The number of sulfone groups is 1. The fourth-order valence-electron chi connectivity index (χ4n) is 2.29. The van der Waals surface area contributed by atoms with Crippen LogP contribution in [0, 0.1) is 10.1 Å². The van der Waals surface area contributed by atoms with E-state index in [4.69, 9.17) is 0 Å². The van der Waals surface area contributed by atoms with Gasteiger partial charge in [0.2, 0.25) is 0 Å². The fourth-order valence-corrected chi connectivity index (χ4v) is 4.23. The van der Waals surface area contributed by atoms with Gasteiger partial charge in [-0.05, 0) is 11.6 Å². The molecule has 0 atom stereocenters. The van der Waals surface area contributed by atoms with Gasteiger partial charge in [-0.2, -0.15) is 0 Å². The highest BCUT2D eigenvalue weighted by Crippen LogP contribution is 2.37. The first-order valence-electron chi connectivity index (χ1n) is 6.91. The second-order valence-electron chi connectivity index (χ2n) is 5.15. The number of hydrogen-bond acceptors (Lipinski definition) is 7. The topological polar surface area (TPSA) is 102 Å². The van der Waals surface area contributed by atoms with E-state index in [1.165, 1.54) is 0 Å². The van der Waals surface area contributed by atoms with Gasteiger partial charge in [0.05, 0.1) is 10.4 Å². The lowest BCUT2D eigenvalue weighted by atomic mass is 10.1. The minimum atomic E-state index is -3.49. The molecule has 0 aliphatic carbocycles. The van der Waals surface area contributed by atoms with Gasteiger partial charge in [-0.15, -0.1) is 0 Å². The highest BCUT2D eigenvalue weighted by Gasteiger charge is 2.23. The molecule has 7 nitrogen and oxygen atoms in total. The van der Waals surface area contributed by atoms with Crippen LogP contribution in [0.3, 0.4) is 0 Å². The summed E-state index contributed by atoms with van der Waals surface area (Å²) >= 11 is 0.858. The Bertz CT molecular complexity index is 1020. The number of anilines is 1. The number of nitrogens with zero attached hydrogens (tertiary/aromatic N) is 2. The Kier molecular flexibility index (Phi) is 4.20. The van der Waals surface area contributed by atoms with Crippen molar-refractivity contribution in [1.29, 1.82) is 0 Å². The molecule has 2 aromatic heterocycles. The van der Waals surface area contributed by atoms with Crippen LogP contribution in [0.1, 0.15) is 5.56 Å². The summed E-state index contributed by atoms with van der Waals surface area (Å²) in [5.74, 6) is 0. The lowest BCUT2D eigenvalue weighted by Crippen LogP contribution is -2.01. The highest BCUT2D eigenvalue weighted by atomic mass is 32.2. The van der Waals surface area contributed by atoms with Crippen LogP contribution in [0.15, 0.2) is 46.8 Å². The largest absolute Gasteiger partial charge is 0.367 e. The summed E-state index contributed by atoms with van der Waals surface area (Å²) in [5, 5.41) is 15.3. The number of thiophene rings is 1. The van der Waals surface area contributed by atoms with E-state index in [9.17, 15) is 18.5 Å². The van der Waals surface area contributed by atoms with E-state index < -0.39 is 14.8 Å². The number of fused-ring (bicyclic) bond motifs is 1. The van der Waals surface area contributed by atoms with Gasteiger partial charge in [0, 0.05) is 30.4 Å². The standard InChI is InChI=1S/C15H13N3O4S2/c1-24(21,22)13-8-12(18(19)20)15(23-13)17-9-11-5-2-4-10-6-3-7-16-14(10)11/h2-8,17H,9H2,1H3. The second-order valence-corrected chi connectivity index (χ2v) is 8.45. The minimum absolute atomic E-state index is 0.0345. The third-order valence-corrected chi connectivity index (χ3v) is 6.29. The number of rotatable bonds is 5. The molecule has 0 saturated heterocycles. The molecule has 3 aromatic rings. The third-order valence-electron chi connectivity index (χ3n) is 3.41. The zero-order valence-corrected chi connectivity index (χ0v) is 14.2. The molecule has 124 valence electrons. The SMILES string of the molecule is CS(=O)(=O)c1cc([N+](=O)[O-])c(NCc2cccc3cccnc23)s1. The number of benzene rings is 1. The van der Waals surface area contributed by atoms with E-state index in [1.807, 2.05) is 30.3 Å². The Morgan fingerprint density at radius 1 is 1.29 bits per heavy atom. The smallest absolute Gasteiger partial charge is 0.304 e. The molecular formula is C15H13N3O4S2. The van der Waals surface area contributed by atoms with Crippen molar-refractivity contribution in [3.63, 3.8) is 0 Å². The molecule has 0 bridgehead atoms. The Hall–Kier alpha value is -2.52. The number of hydrogen-bond donors (Lipinski definition) is 1. The predicted octanol–water partition coefficient (Wildman–Crippen LogP) is 3.22. The number of para-hydroxylation sites is 1. The summed E-state index contributed by atoms with van der Waals surface area (Å²) in [5.41, 5.74) is 1.43. The third kappa shape index (κ3) is 3.22. The van der Waals surface area contributed by atoms with E-state index in [2.05, 4.69) is 10.3 Å². The maximum Gasteiger partial charge on any atom is 0.304 e. The van der Waals surface area contributed by atoms with E-state index in [0.717, 1.165) is 40.1 Å². The summed E-state index contributed by atoms with van der Waals surface area (Å²) < 4.78 is 23.2. The molecule has 0 aliphatic rings. The van der Waals surface area contributed by atoms with Gasteiger partial charge in [0.1, 0.15) is 4.21 Å². The molecular weight excluding hydrogens is 350 g/mol. The van der Waals surface area contributed by atoms with E-state index in [0.29, 0.717) is 6.54 Å². The van der Waals surface area contributed by atoms with E-state index >= 15 is 0 Å². The lowest BCUT2D eigenvalue weighted by molar-refractivity contribution is -0.383. The maximum atomic E-state index is 11.6. The van der Waals surface area contributed by atoms with Crippen LogP contribution in [-0.4, -0.2) is 24.6 Å². The van der Waals surface area contributed by atoms with Crippen LogP contribution in [0.25, 0.3) is 10.9 Å². The lowest BCUT2D eigenvalue weighted by Gasteiger charge is -2.07. The molecule has 0 saturated carbocycles. The number of nitrogens with one attached hydrogen (secondary N) is 1. The number of aromatic nitrogens is 1. The predicted molar refractivity (Wildman–Crippen MR) is 93.2 cm³/mol. The van der Waals surface area contributed by atoms with Crippen molar-refractivity contribution in [2.75, 3.05) is 11.6 Å². The molecule has 0 spiro atoms. The molecule has 0 fully saturated rings. The molecule has 2 heterocycles. The number of pyridine rings is 1. The average Bonchev–Trinajstić information content (AvgIpc) is 2.97. The van der Waals surface area contributed by atoms with Crippen LogP contribution in [0.2, 0.25) is 0 Å². The molecule has 3 rings (SSSR count). The summed E-state index contributed by atoms with van der Waals surface area (Å²) in [4.78, 5) is 14.9. The van der Waals surface area contributed by atoms with Gasteiger partial charge in [0.15, 0.2) is 14.8 Å². The van der Waals surface area contributed by atoms with Gasteiger partial charge >= 0.3 is 5.69 Å². The fraction of sp³-hybridized carbons (Fsp3) is 0.133.